The maximum Gasteiger partial charge on any atom is 0.291 e. The summed E-state index contributed by atoms with van der Waals surface area (Å²) in [6.45, 7) is 3.21. The van der Waals surface area contributed by atoms with Crippen LogP contribution in [0.4, 0.5) is 0 Å². The van der Waals surface area contributed by atoms with Crippen LogP contribution in [0.5, 0.6) is 11.5 Å². The first kappa shape index (κ1) is 32.1. The molecule has 3 heterocycles. The Bertz CT molecular complexity index is 2330. The topological polar surface area (TPSA) is 83.5 Å². The zero-order valence-corrected chi connectivity index (χ0v) is 28.3. The van der Waals surface area contributed by atoms with Gasteiger partial charge in [0, 0.05) is 27.9 Å². The summed E-state index contributed by atoms with van der Waals surface area (Å²) in [6, 6.07) is 33.1. The minimum Gasteiger partial charge on any atom is -0.494 e. The highest BCUT2D eigenvalue weighted by Crippen LogP contribution is 2.27. The zero-order valence-electron chi connectivity index (χ0n) is 26.7. The molecule has 0 fully saturated rings. The van der Waals surface area contributed by atoms with Crippen molar-refractivity contribution in [1.29, 1.82) is 0 Å². The Kier molecular flexibility index (Phi) is 9.63. The molecule has 0 atom stereocenters. The third kappa shape index (κ3) is 7.48. The molecule has 0 aliphatic heterocycles. The molecule has 0 radical (unpaired) electrons. The summed E-state index contributed by atoms with van der Waals surface area (Å²) >= 11 is 7.59. The number of hydrogen-bond donors (Lipinski definition) is 0. The number of nitrogens with zero attached hydrogens (tertiary/aromatic N) is 5. The fraction of sp³-hybridized carbons (Fsp3) is 0.128. The minimum atomic E-state index is -0.234. The van der Waals surface area contributed by atoms with Crippen LogP contribution in [0.1, 0.15) is 42.3 Å². The van der Waals surface area contributed by atoms with Crippen molar-refractivity contribution in [3.63, 3.8) is 0 Å². The number of benzene rings is 4. The Balaban J connectivity index is 1.15. The van der Waals surface area contributed by atoms with Crippen molar-refractivity contribution in [2.45, 2.75) is 26.4 Å². The second-order valence-electron chi connectivity index (χ2n) is 11.3. The number of ether oxygens (including phenoxy) is 2. The summed E-state index contributed by atoms with van der Waals surface area (Å²) in [5.41, 5.74) is 4.97. The van der Waals surface area contributed by atoms with Crippen LogP contribution in [0.25, 0.3) is 40.1 Å². The van der Waals surface area contributed by atoms with Crippen molar-refractivity contribution in [1.82, 2.24) is 24.4 Å². The van der Waals surface area contributed by atoms with Crippen molar-refractivity contribution in [3.8, 4) is 28.4 Å². The molecule has 10 heteroatoms. The number of aromatic nitrogens is 5. The van der Waals surface area contributed by atoms with Gasteiger partial charge in [-0.2, -0.15) is 14.6 Å². The van der Waals surface area contributed by atoms with E-state index in [0.29, 0.717) is 39.3 Å². The number of hydrogen-bond acceptors (Lipinski definition) is 7. The van der Waals surface area contributed by atoms with E-state index in [-0.39, 0.29) is 5.56 Å². The van der Waals surface area contributed by atoms with Gasteiger partial charge in [-0.15, -0.1) is 5.10 Å². The molecule has 7 aromatic rings. The zero-order chi connectivity index (χ0) is 33.6. The van der Waals surface area contributed by atoms with E-state index in [1.807, 2.05) is 126 Å². The molecular formula is C39H32ClN5O3S. The second-order valence-corrected chi connectivity index (χ2v) is 12.7. The van der Waals surface area contributed by atoms with E-state index in [2.05, 4.69) is 17.0 Å². The lowest BCUT2D eigenvalue weighted by molar-refractivity contribution is 0.306. The van der Waals surface area contributed by atoms with E-state index < -0.39 is 0 Å². The Labute approximate surface area is 292 Å². The number of rotatable bonds is 12. The van der Waals surface area contributed by atoms with Crippen molar-refractivity contribution in [2.24, 2.45) is 0 Å². The molecule has 49 heavy (non-hydrogen) atoms. The maximum atomic E-state index is 13.5. The van der Waals surface area contributed by atoms with Crippen LogP contribution in [0.2, 0.25) is 5.02 Å². The Morgan fingerprint density at radius 2 is 1.57 bits per heavy atom. The van der Waals surface area contributed by atoms with Gasteiger partial charge in [0.2, 0.25) is 4.96 Å². The molecular weight excluding hydrogens is 654 g/mol. The molecule has 0 saturated carbocycles. The van der Waals surface area contributed by atoms with Crippen LogP contribution >= 0.6 is 22.9 Å². The Morgan fingerprint density at radius 1 is 0.837 bits per heavy atom. The third-order valence-electron chi connectivity index (χ3n) is 7.80. The normalized spacial score (nSPS) is 11.9. The molecule has 0 aliphatic rings. The van der Waals surface area contributed by atoms with Crippen molar-refractivity contribution < 1.29 is 9.47 Å². The van der Waals surface area contributed by atoms with Gasteiger partial charge in [-0.05, 0) is 78.7 Å². The lowest BCUT2D eigenvalue weighted by atomic mass is 10.1. The summed E-state index contributed by atoms with van der Waals surface area (Å²) in [5.74, 6) is 2.02. The number of unbranched alkanes of at least 4 members (excludes halogenated alkanes) is 1. The Hall–Kier alpha value is -5.51. The minimum absolute atomic E-state index is 0.234. The number of para-hydroxylation sites is 1. The molecule has 0 spiro atoms. The molecule has 7 rings (SSSR count). The molecule has 0 aliphatic carbocycles. The van der Waals surface area contributed by atoms with E-state index in [0.717, 1.165) is 52.2 Å². The van der Waals surface area contributed by atoms with E-state index in [9.17, 15) is 4.79 Å². The molecule has 4 aromatic carbocycles. The van der Waals surface area contributed by atoms with Crippen molar-refractivity contribution >= 4 is 46.1 Å². The molecule has 0 bridgehead atoms. The first-order valence-electron chi connectivity index (χ1n) is 16.0. The average molecular weight is 686 g/mol. The van der Waals surface area contributed by atoms with Crippen molar-refractivity contribution in [3.05, 3.63) is 152 Å². The Morgan fingerprint density at radius 3 is 2.33 bits per heavy atom. The summed E-state index contributed by atoms with van der Waals surface area (Å²) in [5, 5.41) is 10.1. The highest BCUT2D eigenvalue weighted by atomic mass is 35.5. The predicted molar refractivity (Wildman–Crippen MR) is 196 cm³/mol. The summed E-state index contributed by atoms with van der Waals surface area (Å²) in [4.78, 5) is 18.6. The molecule has 8 nitrogen and oxygen atoms in total. The standard InChI is InChI=1S/C39H32ClN5O3S/c1-2-3-23-47-32-18-13-27(14-19-32)15-22-36-41-39-45(42-36)38(46)35(49-39)24-30-25-44(31-10-5-4-6-11-31)43-37(30)28-16-20-33(21-17-28)48-26-29-9-7-8-12-34(29)40/h4-22,24-25H,2-3,23,26H2,1H3/b22-15+,35-24-. The van der Waals surface area contributed by atoms with Crippen LogP contribution in [-0.4, -0.2) is 31.0 Å². The van der Waals surface area contributed by atoms with Gasteiger partial charge in [0.15, 0.2) is 5.82 Å². The van der Waals surface area contributed by atoms with Gasteiger partial charge in [-0.1, -0.05) is 90.9 Å². The molecule has 0 saturated heterocycles. The average Bonchev–Trinajstić information content (AvgIpc) is 3.82. The smallest absolute Gasteiger partial charge is 0.291 e. The molecule has 0 N–H and O–H groups in total. The van der Waals surface area contributed by atoms with E-state index in [1.54, 1.807) is 6.08 Å². The largest absolute Gasteiger partial charge is 0.494 e. The van der Waals surface area contributed by atoms with E-state index in [4.69, 9.17) is 26.2 Å². The quantitative estimate of drug-likeness (QED) is 0.121. The van der Waals surface area contributed by atoms with Gasteiger partial charge < -0.3 is 9.47 Å². The number of thiazole rings is 1. The molecule has 244 valence electrons. The van der Waals surface area contributed by atoms with Crippen LogP contribution in [0, 0.1) is 0 Å². The second kappa shape index (κ2) is 14.7. The third-order valence-corrected chi connectivity index (χ3v) is 9.13. The fourth-order valence-electron chi connectivity index (χ4n) is 5.16. The number of halogens is 1. The summed E-state index contributed by atoms with van der Waals surface area (Å²) in [7, 11) is 0. The summed E-state index contributed by atoms with van der Waals surface area (Å²) < 4.78 is 15.4. The van der Waals surface area contributed by atoms with Crippen LogP contribution in [-0.2, 0) is 6.61 Å². The van der Waals surface area contributed by atoms with Crippen molar-refractivity contribution in [2.75, 3.05) is 6.61 Å². The van der Waals surface area contributed by atoms with E-state index in [1.165, 1.54) is 15.9 Å². The first-order chi connectivity index (χ1) is 24.0. The first-order valence-corrected chi connectivity index (χ1v) is 17.2. The van der Waals surface area contributed by atoms with Gasteiger partial charge in [0.25, 0.3) is 5.56 Å². The predicted octanol–water partition coefficient (Wildman–Crippen LogP) is 8.13. The van der Waals surface area contributed by atoms with E-state index >= 15 is 0 Å². The van der Waals surface area contributed by atoms with Crippen LogP contribution in [0.3, 0.4) is 0 Å². The molecule has 0 unspecified atom stereocenters. The molecule has 0 amide bonds. The van der Waals surface area contributed by atoms with Crippen LogP contribution < -0.4 is 19.6 Å². The highest BCUT2D eigenvalue weighted by Gasteiger charge is 2.14. The van der Waals surface area contributed by atoms with Gasteiger partial charge in [-0.3, -0.25) is 4.79 Å². The van der Waals surface area contributed by atoms with Crippen LogP contribution in [0.15, 0.2) is 114 Å². The lowest BCUT2D eigenvalue weighted by Crippen LogP contribution is -2.23. The van der Waals surface area contributed by atoms with Gasteiger partial charge in [0.1, 0.15) is 23.8 Å². The highest BCUT2D eigenvalue weighted by molar-refractivity contribution is 7.15. The summed E-state index contributed by atoms with van der Waals surface area (Å²) in [6.07, 6.45) is 9.63. The van der Waals surface area contributed by atoms with Gasteiger partial charge in [-0.25, -0.2) is 4.68 Å². The lowest BCUT2D eigenvalue weighted by Gasteiger charge is -2.08. The maximum absolute atomic E-state index is 13.5. The van der Waals surface area contributed by atoms with Gasteiger partial charge >= 0.3 is 0 Å². The van der Waals surface area contributed by atoms with Gasteiger partial charge in [0.05, 0.1) is 16.8 Å². The monoisotopic (exact) mass is 685 g/mol. The fourth-order valence-corrected chi connectivity index (χ4v) is 6.25. The number of fused-ring (bicyclic) bond motifs is 1. The molecule has 3 aromatic heterocycles. The SMILES string of the molecule is CCCCOc1ccc(/C=C/c2nc3s/c(=C\c4cn(-c5ccccc5)nc4-c4ccc(OCc5ccccc5Cl)cc4)c(=O)n3n2)cc1.